The second kappa shape index (κ2) is 5.12. The quantitative estimate of drug-likeness (QED) is 0.576. The van der Waals surface area contributed by atoms with E-state index >= 15 is 0 Å². The molecule has 0 aliphatic carbocycles. The lowest BCUT2D eigenvalue weighted by molar-refractivity contribution is -0.386. The molecule has 0 unspecified atom stereocenters. The van der Waals surface area contributed by atoms with Crippen molar-refractivity contribution < 1.29 is 23.9 Å². The number of nitrogens with zero attached hydrogens (tertiary/aromatic N) is 1. The largest absolute Gasteiger partial charge is 0.502 e. The molecule has 100 valence electrons. The van der Waals surface area contributed by atoms with Crippen LogP contribution in [0.25, 0.3) is 0 Å². The standard InChI is InChI=1S/C9H9BrF2N2O4/c10-4-1-5(8(13)9(11,12)3-15)7(16)6(2-4)14(17)18/h1-2,8,15-16H,3,13H2/t8-/m1/s1. The maximum atomic E-state index is 13.2. The summed E-state index contributed by atoms with van der Waals surface area (Å²) in [7, 11) is 0. The van der Waals surface area contributed by atoms with Gasteiger partial charge in [-0.15, -0.1) is 0 Å². The van der Waals surface area contributed by atoms with Gasteiger partial charge in [-0.1, -0.05) is 15.9 Å². The zero-order valence-corrected chi connectivity index (χ0v) is 10.4. The molecule has 0 fully saturated rings. The number of nitro benzene ring substituents is 1. The van der Waals surface area contributed by atoms with E-state index in [1.54, 1.807) is 0 Å². The van der Waals surface area contributed by atoms with Crippen molar-refractivity contribution in [1.82, 2.24) is 0 Å². The number of aliphatic hydroxyl groups is 1. The maximum Gasteiger partial charge on any atom is 0.312 e. The molecule has 1 aromatic rings. The van der Waals surface area contributed by atoms with Gasteiger partial charge in [-0.2, -0.15) is 0 Å². The minimum Gasteiger partial charge on any atom is -0.502 e. The van der Waals surface area contributed by atoms with Gasteiger partial charge in [0.2, 0.25) is 0 Å². The van der Waals surface area contributed by atoms with E-state index in [4.69, 9.17) is 10.8 Å². The van der Waals surface area contributed by atoms with Crippen LogP contribution in [-0.2, 0) is 0 Å². The van der Waals surface area contributed by atoms with E-state index in [1.165, 1.54) is 0 Å². The third-order valence-corrected chi connectivity index (χ3v) is 2.74. The first-order chi connectivity index (χ1) is 8.20. The van der Waals surface area contributed by atoms with Gasteiger partial charge in [-0.25, -0.2) is 8.78 Å². The van der Waals surface area contributed by atoms with Crippen molar-refractivity contribution in [2.75, 3.05) is 6.61 Å². The number of phenolic OH excluding ortho intramolecular Hbond substituents is 1. The van der Waals surface area contributed by atoms with Gasteiger partial charge < -0.3 is 15.9 Å². The highest BCUT2D eigenvalue weighted by Crippen LogP contribution is 2.40. The van der Waals surface area contributed by atoms with E-state index in [0.29, 0.717) is 0 Å². The molecule has 4 N–H and O–H groups in total. The number of alkyl halides is 2. The van der Waals surface area contributed by atoms with Gasteiger partial charge in [0.1, 0.15) is 12.6 Å². The molecule has 0 heterocycles. The summed E-state index contributed by atoms with van der Waals surface area (Å²) in [6, 6.07) is -0.0575. The summed E-state index contributed by atoms with van der Waals surface area (Å²) in [5, 5.41) is 28.7. The fraction of sp³-hybridized carbons (Fsp3) is 0.333. The van der Waals surface area contributed by atoms with Crippen LogP contribution in [0.2, 0.25) is 0 Å². The van der Waals surface area contributed by atoms with Crippen molar-refractivity contribution in [3.05, 3.63) is 32.3 Å². The summed E-state index contributed by atoms with van der Waals surface area (Å²) in [6.07, 6.45) is 0. The summed E-state index contributed by atoms with van der Waals surface area (Å²) >= 11 is 2.89. The Kier molecular flexibility index (Phi) is 4.20. The van der Waals surface area contributed by atoms with E-state index < -0.39 is 40.5 Å². The van der Waals surface area contributed by atoms with Crippen LogP contribution in [-0.4, -0.2) is 27.7 Å². The molecule has 1 aromatic carbocycles. The molecule has 0 saturated heterocycles. The Hall–Kier alpha value is -1.32. The number of benzene rings is 1. The Labute approximate surface area is 108 Å². The lowest BCUT2D eigenvalue weighted by atomic mass is 10.00. The number of aliphatic hydroxyl groups excluding tert-OH is 1. The minimum atomic E-state index is -3.70. The van der Waals surface area contributed by atoms with Crippen LogP contribution < -0.4 is 5.73 Å². The number of aromatic hydroxyl groups is 1. The molecule has 0 aliphatic rings. The molecule has 0 spiro atoms. The number of nitrogens with two attached hydrogens (primary N) is 1. The number of halogens is 3. The van der Waals surface area contributed by atoms with Crippen molar-refractivity contribution >= 4 is 21.6 Å². The lowest BCUT2D eigenvalue weighted by Crippen LogP contribution is -2.36. The summed E-state index contributed by atoms with van der Waals surface area (Å²) < 4.78 is 26.5. The molecule has 0 aliphatic heterocycles. The van der Waals surface area contributed by atoms with Crippen LogP contribution >= 0.6 is 15.9 Å². The monoisotopic (exact) mass is 326 g/mol. The predicted octanol–water partition coefficient (Wildman–Crippen LogP) is 1.69. The van der Waals surface area contributed by atoms with Crippen LogP contribution in [0.5, 0.6) is 5.75 Å². The third-order valence-electron chi connectivity index (χ3n) is 2.28. The molecule has 18 heavy (non-hydrogen) atoms. The zero-order chi connectivity index (χ0) is 14.1. The second-order valence-electron chi connectivity index (χ2n) is 3.52. The van der Waals surface area contributed by atoms with Crippen molar-refractivity contribution in [3.8, 4) is 5.75 Å². The van der Waals surface area contributed by atoms with Crippen LogP contribution in [0, 0.1) is 10.1 Å². The van der Waals surface area contributed by atoms with Gasteiger partial charge in [0.15, 0.2) is 5.75 Å². The lowest BCUT2D eigenvalue weighted by Gasteiger charge is -2.22. The molecule has 0 saturated carbocycles. The normalized spacial score (nSPS) is 13.4. The highest BCUT2D eigenvalue weighted by Gasteiger charge is 2.40. The molecule has 1 rings (SSSR count). The van der Waals surface area contributed by atoms with Gasteiger partial charge in [0.05, 0.1) is 4.92 Å². The fourth-order valence-corrected chi connectivity index (χ4v) is 1.77. The Balaban J connectivity index is 3.37. The molecular formula is C9H9BrF2N2O4. The molecule has 6 nitrogen and oxygen atoms in total. The average Bonchev–Trinajstić information content (AvgIpc) is 2.30. The van der Waals surface area contributed by atoms with E-state index in [-0.39, 0.29) is 4.47 Å². The Morgan fingerprint density at radius 3 is 2.56 bits per heavy atom. The van der Waals surface area contributed by atoms with E-state index in [0.717, 1.165) is 12.1 Å². The maximum absolute atomic E-state index is 13.2. The Morgan fingerprint density at radius 1 is 1.56 bits per heavy atom. The smallest absolute Gasteiger partial charge is 0.312 e. The number of phenols is 1. The van der Waals surface area contributed by atoms with Crippen LogP contribution in [0.3, 0.4) is 0 Å². The van der Waals surface area contributed by atoms with Crippen molar-refractivity contribution in [2.24, 2.45) is 5.73 Å². The summed E-state index contributed by atoms with van der Waals surface area (Å²) in [5.41, 5.74) is 3.94. The molecule has 0 bridgehead atoms. The number of hydrogen-bond donors (Lipinski definition) is 3. The summed E-state index contributed by atoms with van der Waals surface area (Å²) in [6.45, 7) is -1.53. The van der Waals surface area contributed by atoms with E-state index in [2.05, 4.69) is 15.9 Å². The second-order valence-corrected chi connectivity index (χ2v) is 4.43. The minimum absolute atomic E-state index is 0.117. The van der Waals surface area contributed by atoms with Crippen molar-refractivity contribution in [3.63, 3.8) is 0 Å². The zero-order valence-electron chi connectivity index (χ0n) is 8.81. The molecule has 1 atom stereocenters. The fourth-order valence-electron chi connectivity index (χ4n) is 1.31. The summed E-state index contributed by atoms with van der Waals surface area (Å²) in [5.74, 6) is -4.64. The molecule has 0 radical (unpaired) electrons. The molecule has 0 amide bonds. The highest BCUT2D eigenvalue weighted by atomic mass is 79.9. The topological polar surface area (TPSA) is 110 Å². The molecule has 0 aromatic heterocycles. The first-order valence-electron chi connectivity index (χ1n) is 4.61. The van der Waals surface area contributed by atoms with Crippen molar-refractivity contribution in [2.45, 2.75) is 12.0 Å². The van der Waals surface area contributed by atoms with Crippen molar-refractivity contribution in [1.29, 1.82) is 0 Å². The predicted molar refractivity (Wildman–Crippen MR) is 61.4 cm³/mol. The number of hydrogen-bond acceptors (Lipinski definition) is 5. The molecular weight excluding hydrogens is 318 g/mol. The summed E-state index contributed by atoms with van der Waals surface area (Å²) in [4.78, 5) is 9.69. The number of nitro groups is 1. The van der Waals surface area contributed by atoms with Gasteiger partial charge in [0, 0.05) is 16.1 Å². The Bertz CT molecular complexity index is 484. The average molecular weight is 327 g/mol. The van der Waals surface area contributed by atoms with Gasteiger partial charge >= 0.3 is 5.69 Å². The number of rotatable bonds is 4. The van der Waals surface area contributed by atoms with E-state index in [9.17, 15) is 24.0 Å². The van der Waals surface area contributed by atoms with Crippen LogP contribution in [0.4, 0.5) is 14.5 Å². The van der Waals surface area contributed by atoms with Crippen LogP contribution in [0.15, 0.2) is 16.6 Å². The first kappa shape index (κ1) is 14.7. The van der Waals surface area contributed by atoms with Crippen LogP contribution in [0.1, 0.15) is 11.6 Å². The molecule has 9 heteroatoms. The van der Waals surface area contributed by atoms with Gasteiger partial charge in [-0.3, -0.25) is 10.1 Å². The van der Waals surface area contributed by atoms with Gasteiger partial charge in [0.25, 0.3) is 5.92 Å². The SMILES string of the molecule is N[C@H](c1cc(Br)cc([N+](=O)[O-])c1O)C(F)(F)CO. The van der Waals surface area contributed by atoms with Gasteiger partial charge in [-0.05, 0) is 6.07 Å². The third kappa shape index (κ3) is 2.74. The first-order valence-corrected chi connectivity index (χ1v) is 5.41. The Morgan fingerprint density at radius 2 is 2.11 bits per heavy atom. The van der Waals surface area contributed by atoms with E-state index in [1.807, 2.05) is 0 Å². The highest BCUT2D eigenvalue weighted by molar-refractivity contribution is 9.10.